The van der Waals surface area contributed by atoms with Crippen molar-refractivity contribution in [2.45, 2.75) is 13.8 Å². The molecule has 0 nitrogen and oxygen atoms in total. The Kier molecular flexibility index (Phi) is 9.77. The summed E-state index contributed by atoms with van der Waals surface area (Å²) in [7, 11) is 1.42. The Balaban J connectivity index is 0.000000168. The van der Waals surface area contributed by atoms with Crippen molar-refractivity contribution in [1.29, 1.82) is 0 Å². The van der Waals surface area contributed by atoms with Gasteiger partial charge in [-0.1, -0.05) is 133 Å². The van der Waals surface area contributed by atoms with Gasteiger partial charge in [0.15, 0.2) is 0 Å². The normalized spacial score (nSPS) is 10.6. The quantitative estimate of drug-likeness (QED) is 0.180. The summed E-state index contributed by atoms with van der Waals surface area (Å²) in [4.78, 5) is 0. The number of benzene rings is 4. The fourth-order valence-corrected chi connectivity index (χ4v) is 7.03. The van der Waals surface area contributed by atoms with Gasteiger partial charge in [-0.3, -0.25) is 0 Å². The maximum Gasteiger partial charge on any atom is 2.00 e. The molecule has 2 aromatic heterocycles. The van der Waals surface area contributed by atoms with Crippen molar-refractivity contribution >= 4 is 16.4 Å². The molecule has 6 aromatic rings. The van der Waals surface area contributed by atoms with Crippen LogP contribution in [0.2, 0.25) is 0 Å². The van der Waals surface area contributed by atoms with E-state index in [-0.39, 0.29) is 26.2 Å². The van der Waals surface area contributed by atoms with Gasteiger partial charge in [0.25, 0.3) is 0 Å². The van der Waals surface area contributed by atoms with Crippen LogP contribution in [0, 0.1) is 26.0 Å². The molecule has 2 atom stereocenters. The van der Waals surface area contributed by atoms with Crippen molar-refractivity contribution in [3.8, 4) is 43.4 Å². The number of hydrogen-bond donors (Lipinski definition) is 0. The third kappa shape index (κ3) is 6.80. The van der Waals surface area contributed by atoms with Crippen molar-refractivity contribution in [3.63, 3.8) is 0 Å². The molecule has 4 aromatic carbocycles. The van der Waals surface area contributed by atoms with Gasteiger partial charge in [0.2, 0.25) is 0 Å². The van der Waals surface area contributed by atoms with E-state index in [0.717, 1.165) is 0 Å². The second-order valence-electron chi connectivity index (χ2n) is 8.71. The number of aryl methyl sites for hydroxylation is 2. The van der Waals surface area contributed by atoms with E-state index >= 15 is 0 Å². The van der Waals surface area contributed by atoms with Crippen molar-refractivity contribution in [2.75, 3.05) is 0 Å². The summed E-state index contributed by atoms with van der Waals surface area (Å²) in [5.74, 6) is 0. The Morgan fingerprint density at radius 1 is 0.405 bits per heavy atom. The molecule has 0 saturated heterocycles. The first-order valence-electron chi connectivity index (χ1n) is 12.1. The zero-order valence-corrected chi connectivity index (χ0v) is 25.5. The molecular formula is C34H28P2Zr. The van der Waals surface area contributed by atoms with Crippen LogP contribution < -0.4 is 0 Å². The van der Waals surface area contributed by atoms with Gasteiger partial charge in [0.05, 0.1) is 0 Å². The molecule has 0 bridgehead atoms. The monoisotopic (exact) mass is 588 g/mol. The fraction of sp³-hybridized carbons (Fsp3) is 0.0588. The summed E-state index contributed by atoms with van der Waals surface area (Å²) in [6.45, 7) is 4.32. The molecular weight excluding hydrogens is 562 g/mol. The topological polar surface area (TPSA) is 0 Å². The molecule has 0 saturated carbocycles. The second-order valence-corrected chi connectivity index (χ2v) is 11.2. The average molecular weight is 590 g/mol. The second kappa shape index (κ2) is 13.2. The standard InChI is InChI=1S/2C17H14P.Zr/c2*1-13-12-16(14-8-4-2-5-9-14)18-17(13)15-10-6-3-7-11-15;/h2*2-11,18H,1H3;/q2*-1;+2. The third-order valence-electron chi connectivity index (χ3n) is 6.12. The van der Waals surface area contributed by atoms with Crippen molar-refractivity contribution in [3.05, 3.63) is 145 Å². The summed E-state index contributed by atoms with van der Waals surface area (Å²) >= 11 is 0. The molecule has 2 unspecified atom stereocenters. The minimum atomic E-state index is 0. The Morgan fingerprint density at radius 3 is 0.973 bits per heavy atom. The van der Waals surface area contributed by atoms with E-state index in [2.05, 4.69) is 147 Å². The van der Waals surface area contributed by atoms with E-state index in [1.165, 1.54) is 54.6 Å². The molecule has 0 spiro atoms. The number of rotatable bonds is 4. The van der Waals surface area contributed by atoms with Crippen molar-refractivity contribution in [2.24, 2.45) is 0 Å². The summed E-state index contributed by atoms with van der Waals surface area (Å²) in [6, 6.07) is 49.4. The molecule has 6 rings (SSSR count). The van der Waals surface area contributed by atoms with E-state index in [0.29, 0.717) is 16.4 Å². The van der Waals surface area contributed by atoms with Gasteiger partial charge in [-0.2, -0.15) is 23.3 Å². The predicted octanol–water partition coefficient (Wildman–Crippen LogP) is 10.3. The molecule has 0 aliphatic rings. The maximum atomic E-state index is 3.53. The fourth-order valence-electron chi connectivity index (χ4n) is 4.29. The summed E-state index contributed by atoms with van der Waals surface area (Å²) in [5.41, 5.74) is 7.79. The minimum Gasteiger partial charge on any atom is -0.207 e. The average Bonchev–Trinajstić information content (AvgIpc) is 3.54. The maximum absolute atomic E-state index is 3.53. The number of hydrogen-bond acceptors (Lipinski definition) is 0. The van der Waals surface area contributed by atoms with Crippen LogP contribution in [-0.2, 0) is 26.2 Å². The molecule has 0 fully saturated rings. The van der Waals surface area contributed by atoms with Crippen LogP contribution in [0.5, 0.6) is 0 Å². The Bertz CT molecular complexity index is 1400. The molecule has 2 heterocycles. The van der Waals surface area contributed by atoms with Crippen LogP contribution in [0.15, 0.2) is 121 Å². The van der Waals surface area contributed by atoms with Crippen molar-refractivity contribution in [1.82, 2.24) is 0 Å². The van der Waals surface area contributed by atoms with Crippen molar-refractivity contribution < 1.29 is 26.2 Å². The summed E-state index contributed by atoms with van der Waals surface area (Å²) < 4.78 is 0. The SMILES string of the molecule is Cc1[c-]c(-c2ccccc2)[pH]c1-c1ccccc1.Cc1[c-]c(-c2ccccc2)[pH]c1-c1ccccc1.[Zr+2]. The van der Waals surface area contributed by atoms with E-state index in [9.17, 15) is 0 Å². The zero-order valence-electron chi connectivity index (χ0n) is 21.0. The summed E-state index contributed by atoms with van der Waals surface area (Å²) in [5, 5.41) is 5.50. The molecule has 3 heteroatoms. The smallest absolute Gasteiger partial charge is 0.207 e. The van der Waals surface area contributed by atoms with E-state index < -0.39 is 0 Å². The first-order valence-corrected chi connectivity index (χ1v) is 14.1. The van der Waals surface area contributed by atoms with E-state index in [1.54, 1.807) is 0 Å². The van der Waals surface area contributed by atoms with Gasteiger partial charge in [0.1, 0.15) is 0 Å². The van der Waals surface area contributed by atoms with Gasteiger partial charge in [-0.15, -0.1) is 46.0 Å². The minimum absolute atomic E-state index is 0. The summed E-state index contributed by atoms with van der Waals surface area (Å²) in [6.07, 6.45) is 0. The third-order valence-corrected chi connectivity index (χ3v) is 9.28. The zero-order chi connectivity index (χ0) is 24.7. The van der Waals surface area contributed by atoms with Crippen LogP contribution in [0.3, 0.4) is 0 Å². The molecule has 37 heavy (non-hydrogen) atoms. The molecule has 0 N–H and O–H groups in total. The van der Waals surface area contributed by atoms with Gasteiger partial charge < -0.3 is 0 Å². The Labute approximate surface area is 243 Å². The van der Waals surface area contributed by atoms with Crippen LogP contribution in [-0.4, -0.2) is 0 Å². The van der Waals surface area contributed by atoms with Crippen LogP contribution >= 0.6 is 16.4 Å². The Morgan fingerprint density at radius 2 is 0.676 bits per heavy atom. The van der Waals surface area contributed by atoms with Crippen LogP contribution in [0.1, 0.15) is 11.1 Å². The van der Waals surface area contributed by atoms with Crippen LogP contribution in [0.25, 0.3) is 43.4 Å². The first-order chi connectivity index (χ1) is 17.7. The largest absolute Gasteiger partial charge is 2.00 e. The van der Waals surface area contributed by atoms with E-state index in [4.69, 9.17) is 0 Å². The molecule has 0 aliphatic heterocycles. The predicted molar refractivity (Wildman–Crippen MR) is 161 cm³/mol. The van der Waals surface area contributed by atoms with Gasteiger partial charge in [-0.05, 0) is 0 Å². The molecule has 0 radical (unpaired) electrons. The molecule has 0 amide bonds. The van der Waals surface area contributed by atoms with E-state index in [1.807, 2.05) is 0 Å². The van der Waals surface area contributed by atoms with Crippen LogP contribution in [0.4, 0.5) is 0 Å². The first kappa shape index (κ1) is 27.4. The van der Waals surface area contributed by atoms with Gasteiger partial charge in [-0.25, -0.2) is 16.4 Å². The van der Waals surface area contributed by atoms with Gasteiger partial charge in [0, 0.05) is 0 Å². The molecule has 178 valence electrons. The van der Waals surface area contributed by atoms with Gasteiger partial charge >= 0.3 is 26.2 Å². The Hall–Kier alpha value is -2.68. The molecule has 0 aliphatic carbocycles.